The van der Waals surface area contributed by atoms with E-state index in [1.54, 1.807) is 0 Å². The third-order valence-corrected chi connectivity index (χ3v) is 4.46. The second-order valence-electron chi connectivity index (χ2n) is 7.14. The van der Waals surface area contributed by atoms with Gasteiger partial charge in [-0.2, -0.15) is 0 Å². The molecule has 0 spiro atoms. The highest BCUT2D eigenvalue weighted by Gasteiger charge is 2.06. The van der Waals surface area contributed by atoms with Gasteiger partial charge in [-0.3, -0.25) is 9.59 Å². The van der Waals surface area contributed by atoms with Crippen LogP contribution in [-0.2, 0) is 38.1 Å². The minimum atomic E-state index is -0.492. The van der Waals surface area contributed by atoms with Crippen LogP contribution in [0.15, 0.2) is 12.2 Å². The molecule has 8 heteroatoms. The lowest BCUT2D eigenvalue weighted by Crippen LogP contribution is -2.09. The molecule has 0 atom stereocenters. The summed E-state index contributed by atoms with van der Waals surface area (Å²) in [7, 11) is 0. The van der Waals surface area contributed by atoms with Gasteiger partial charge in [-0.15, -0.1) is 0 Å². The molecule has 170 valence electrons. The number of carbonyl (C=O) groups excluding carboxylic acids is 4. The number of rotatable bonds is 0. The van der Waals surface area contributed by atoms with Crippen LogP contribution >= 0.6 is 0 Å². The molecule has 2 aliphatic heterocycles. The highest BCUT2D eigenvalue weighted by atomic mass is 16.5. The van der Waals surface area contributed by atoms with Crippen molar-refractivity contribution in [2.45, 2.75) is 77.0 Å². The van der Waals surface area contributed by atoms with Crippen molar-refractivity contribution in [2.24, 2.45) is 0 Å². The van der Waals surface area contributed by atoms with E-state index in [2.05, 4.69) is 0 Å². The molecule has 0 aromatic heterocycles. The molecular weight excluding hydrogens is 392 g/mol. The topological polar surface area (TPSA) is 105 Å². The first-order chi connectivity index (χ1) is 14.6. The second-order valence-corrected chi connectivity index (χ2v) is 7.14. The average molecular weight is 427 g/mol. The Balaban J connectivity index is 0.000000325. The molecule has 0 saturated carbocycles. The van der Waals surface area contributed by atoms with Gasteiger partial charge in [-0.05, 0) is 38.5 Å². The van der Waals surface area contributed by atoms with Crippen LogP contribution in [0.3, 0.4) is 0 Å². The van der Waals surface area contributed by atoms with Gasteiger partial charge in [0.25, 0.3) is 0 Å². The summed E-state index contributed by atoms with van der Waals surface area (Å²) < 4.78 is 19.6. The number of hydrogen-bond acceptors (Lipinski definition) is 8. The Hall–Kier alpha value is -2.38. The molecule has 0 unspecified atom stereocenters. The van der Waals surface area contributed by atoms with E-state index >= 15 is 0 Å². The Bertz CT molecular complexity index is 507. The normalized spacial score (nSPS) is 22.1. The lowest BCUT2D eigenvalue weighted by atomic mass is 10.1. The molecule has 2 aliphatic rings. The summed E-state index contributed by atoms with van der Waals surface area (Å²) in [6, 6.07) is 0. The predicted molar refractivity (Wildman–Crippen MR) is 108 cm³/mol. The number of cyclic esters (lactones) is 4. The van der Waals surface area contributed by atoms with Crippen molar-refractivity contribution in [3.8, 4) is 0 Å². The van der Waals surface area contributed by atoms with E-state index in [1.807, 2.05) is 0 Å². The first kappa shape index (κ1) is 25.7. The summed E-state index contributed by atoms with van der Waals surface area (Å²) in [6.07, 6.45) is 12.4. The van der Waals surface area contributed by atoms with Crippen molar-refractivity contribution in [3.63, 3.8) is 0 Å². The molecule has 0 aromatic carbocycles. The van der Waals surface area contributed by atoms with E-state index in [1.165, 1.54) is 0 Å². The zero-order valence-corrected chi connectivity index (χ0v) is 17.7. The summed E-state index contributed by atoms with van der Waals surface area (Å²) >= 11 is 0. The largest absolute Gasteiger partial charge is 0.466 e. The molecule has 0 bridgehead atoms. The van der Waals surface area contributed by atoms with Crippen molar-refractivity contribution in [3.05, 3.63) is 12.2 Å². The third-order valence-electron chi connectivity index (χ3n) is 4.46. The van der Waals surface area contributed by atoms with Gasteiger partial charge in [0, 0.05) is 25.0 Å². The van der Waals surface area contributed by atoms with Crippen LogP contribution in [0, 0.1) is 0 Å². The highest BCUT2D eigenvalue weighted by molar-refractivity contribution is 5.91. The molecule has 2 heterocycles. The molecule has 0 N–H and O–H groups in total. The maximum atomic E-state index is 11.3. The number of hydrogen-bond donors (Lipinski definition) is 0. The van der Waals surface area contributed by atoms with E-state index in [4.69, 9.17) is 18.9 Å². The van der Waals surface area contributed by atoms with Crippen LogP contribution in [0.1, 0.15) is 77.0 Å². The predicted octanol–water partition coefficient (Wildman–Crippen LogP) is 3.41. The first-order valence-corrected chi connectivity index (χ1v) is 10.9. The van der Waals surface area contributed by atoms with Gasteiger partial charge in [-0.1, -0.05) is 25.7 Å². The fourth-order valence-corrected chi connectivity index (χ4v) is 2.75. The van der Waals surface area contributed by atoms with Crippen LogP contribution in [0.5, 0.6) is 0 Å². The molecule has 0 amide bonds. The minimum Gasteiger partial charge on any atom is -0.466 e. The smallest absolute Gasteiger partial charge is 0.331 e. The number of ether oxygens (including phenoxy) is 4. The van der Waals surface area contributed by atoms with Crippen molar-refractivity contribution >= 4 is 23.9 Å². The van der Waals surface area contributed by atoms with Gasteiger partial charge in [0.1, 0.15) is 0 Å². The van der Waals surface area contributed by atoms with E-state index in [0.717, 1.165) is 76.4 Å². The molecule has 30 heavy (non-hydrogen) atoms. The maximum absolute atomic E-state index is 11.3. The molecule has 0 radical (unpaired) electrons. The molecule has 0 aromatic rings. The minimum absolute atomic E-state index is 0.0981. The summed E-state index contributed by atoms with van der Waals surface area (Å²) in [5.41, 5.74) is 0. The molecule has 0 aliphatic carbocycles. The first-order valence-electron chi connectivity index (χ1n) is 10.9. The second kappa shape index (κ2) is 17.5. The number of carbonyl (C=O) groups is 4. The fraction of sp³-hybridized carbons (Fsp3) is 0.727. The van der Waals surface area contributed by atoms with Crippen molar-refractivity contribution in [1.29, 1.82) is 0 Å². The fourth-order valence-electron chi connectivity index (χ4n) is 2.75. The van der Waals surface area contributed by atoms with Gasteiger partial charge in [0.15, 0.2) is 0 Å². The van der Waals surface area contributed by atoms with Gasteiger partial charge in [0.2, 0.25) is 0 Å². The zero-order valence-electron chi connectivity index (χ0n) is 17.7. The van der Waals surface area contributed by atoms with Crippen LogP contribution in [0.2, 0.25) is 0 Å². The monoisotopic (exact) mass is 426 g/mol. The van der Waals surface area contributed by atoms with E-state index in [-0.39, 0.29) is 11.9 Å². The van der Waals surface area contributed by atoms with Crippen molar-refractivity contribution < 1.29 is 38.1 Å². The molecule has 1 saturated heterocycles. The Morgan fingerprint density at radius 2 is 0.767 bits per heavy atom. The Morgan fingerprint density at radius 1 is 0.433 bits per heavy atom. The van der Waals surface area contributed by atoms with E-state index in [9.17, 15) is 19.2 Å². The van der Waals surface area contributed by atoms with Crippen LogP contribution in [0.25, 0.3) is 0 Å². The highest BCUT2D eigenvalue weighted by Crippen LogP contribution is 2.10. The zero-order chi connectivity index (χ0) is 21.9. The summed E-state index contributed by atoms with van der Waals surface area (Å²) in [4.78, 5) is 44.1. The van der Waals surface area contributed by atoms with Crippen LogP contribution in [-0.4, -0.2) is 50.3 Å². The summed E-state index contributed by atoms with van der Waals surface area (Å²) in [5, 5.41) is 0. The van der Waals surface area contributed by atoms with E-state index in [0.29, 0.717) is 39.3 Å². The van der Waals surface area contributed by atoms with Gasteiger partial charge in [-0.25, -0.2) is 9.59 Å². The lowest BCUT2D eigenvalue weighted by molar-refractivity contribution is -0.146. The number of esters is 4. The maximum Gasteiger partial charge on any atom is 0.331 e. The summed E-state index contributed by atoms with van der Waals surface area (Å²) in [5.74, 6) is -1.18. The van der Waals surface area contributed by atoms with Crippen molar-refractivity contribution in [1.82, 2.24) is 0 Å². The van der Waals surface area contributed by atoms with E-state index < -0.39 is 11.9 Å². The summed E-state index contributed by atoms with van der Waals surface area (Å²) in [6.45, 7) is 1.66. The third kappa shape index (κ3) is 15.5. The Labute approximate surface area is 178 Å². The standard InChI is InChI=1S/C14H24O4.C8H10O4/c15-13-9-5-3-1-2-4-6-10-14(16)18-12-8-7-11-17-13;9-7-3-4-8(10)12-6-2-1-5-11-7/h1-12H2;3-4H,1-2,5-6H2/b;4-3+. The Morgan fingerprint density at radius 3 is 1.17 bits per heavy atom. The van der Waals surface area contributed by atoms with Crippen molar-refractivity contribution in [2.75, 3.05) is 26.4 Å². The van der Waals surface area contributed by atoms with Gasteiger partial charge < -0.3 is 18.9 Å². The van der Waals surface area contributed by atoms with Crippen LogP contribution in [0.4, 0.5) is 0 Å². The quantitative estimate of drug-likeness (QED) is 0.429. The van der Waals surface area contributed by atoms with Gasteiger partial charge >= 0.3 is 23.9 Å². The molecule has 1 fully saturated rings. The molecular formula is C22H34O8. The van der Waals surface area contributed by atoms with Gasteiger partial charge in [0.05, 0.1) is 26.4 Å². The lowest BCUT2D eigenvalue weighted by Gasteiger charge is -2.07. The molecule has 8 nitrogen and oxygen atoms in total. The average Bonchev–Trinajstić information content (AvgIpc) is 2.73. The Kier molecular flexibility index (Phi) is 14.9. The molecule has 2 rings (SSSR count). The van der Waals surface area contributed by atoms with Crippen LogP contribution < -0.4 is 0 Å². The SMILES string of the molecule is O=C1/C=C/C(=O)OCCCCO1.O=C1CCCCCCCCC(=O)OCCCCO1.